The summed E-state index contributed by atoms with van der Waals surface area (Å²) in [5.41, 5.74) is 3.09. The fourth-order valence-corrected chi connectivity index (χ4v) is 5.16. The minimum absolute atomic E-state index is 0.173. The van der Waals surface area contributed by atoms with Gasteiger partial charge >= 0.3 is 0 Å². The maximum atomic E-state index is 12.5. The van der Waals surface area contributed by atoms with Crippen molar-refractivity contribution in [3.8, 4) is 17.1 Å². The van der Waals surface area contributed by atoms with Gasteiger partial charge in [0.15, 0.2) is 10.9 Å². The van der Waals surface area contributed by atoms with Crippen molar-refractivity contribution in [2.45, 2.75) is 29.2 Å². The Morgan fingerprint density at radius 2 is 1.95 bits per heavy atom. The molecule has 0 spiro atoms. The van der Waals surface area contributed by atoms with Crippen LogP contribution in [0.1, 0.15) is 16.9 Å². The molecular weight excluding hydrogens is 516 g/mol. The molecule has 1 N–H and O–H groups in total. The molecule has 1 saturated heterocycles. The lowest BCUT2D eigenvalue weighted by molar-refractivity contribution is -0.118. The summed E-state index contributed by atoms with van der Waals surface area (Å²) in [4.78, 5) is 12.9. The first-order valence-corrected chi connectivity index (χ1v) is 13.0. The second-order valence-corrected chi connectivity index (χ2v) is 10.4. The van der Waals surface area contributed by atoms with Crippen molar-refractivity contribution in [2.75, 3.05) is 0 Å². The lowest BCUT2D eigenvalue weighted by atomic mass is 10.1. The number of thioether (sulfide) groups is 2. The third-order valence-corrected chi connectivity index (χ3v) is 7.22. The number of furan rings is 1. The van der Waals surface area contributed by atoms with Gasteiger partial charge in [-0.3, -0.25) is 4.79 Å². The van der Waals surface area contributed by atoms with E-state index in [1.54, 1.807) is 35.2 Å². The Hall–Kier alpha value is -3.70. The van der Waals surface area contributed by atoms with Crippen LogP contribution in [0.4, 0.5) is 8.78 Å². The smallest absolute Gasteiger partial charge is 0.288 e. The number of aryl methyl sites for hydroxylation is 1. The number of alkyl halides is 2. The van der Waals surface area contributed by atoms with Crippen molar-refractivity contribution >= 4 is 40.8 Å². The topological polar surface area (TPSA) is 84.8 Å². The average molecular weight is 538 g/mol. The summed E-state index contributed by atoms with van der Waals surface area (Å²) in [7, 11) is 0. The molecule has 11 heteroatoms. The lowest BCUT2D eigenvalue weighted by Gasteiger charge is -2.06. The SMILES string of the molecule is Cc1ccc(-c2nn(-c3ccccc3)cc2/C=N/N=C2/NC(=O)C(Cc3ccc(SC(F)F)cc3)S2)o1. The van der Waals surface area contributed by atoms with Crippen molar-refractivity contribution in [1.82, 2.24) is 15.1 Å². The molecule has 3 heterocycles. The maximum Gasteiger partial charge on any atom is 0.288 e. The highest BCUT2D eigenvalue weighted by Gasteiger charge is 2.30. The predicted molar refractivity (Wildman–Crippen MR) is 143 cm³/mol. The molecule has 5 rings (SSSR count). The Labute approximate surface area is 220 Å². The first-order chi connectivity index (χ1) is 17.9. The number of amidine groups is 1. The third kappa shape index (κ3) is 6.17. The minimum atomic E-state index is -2.46. The summed E-state index contributed by atoms with van der Waals surface area (Å²) < 4.78 is 32.6. The molecule has 0 radical (unpaired) electrons. The van der Waals surface area contributed by atoms with Crippen molar-refractivity contribution in [3.63, 3.8) is 0 Å². The molecular formula is C26H21F2N5O2S2. The largest absolute Gasteiger partial charge is 0.460 e. The van der Waals surface area contributed by atoms with E-state index in [-0.39, 0.29) is 11.2 Å². The molecule has 1 amide bonds. The van der Waals surface area contributed by atoms with Gasteiger partial charge in [0.05, 0.1) is 17.2 Å². The molecule has 0 bridgehead atoms. The van der Waals surface area contributed by atoms with Crippen LogP contribution in [-0.2, 0) is 11.2 Å². The number of nitrogens with zero attached hydrogens (tertiary/aromatic N) is 4. The molecule has 1 unspecified atom stereocenters. The van der Waals surface area contributed by atoms with Gasteiger partial charge in [0, 0.05) is 16.7 Å². The zero-order chi connectivity index (χ0) is 25.8. The van der Waals surface area contributed by atoms with Gasteiger partial charge in [0.1, 0.15) is 11.5 Å². The van der Waals surface area contributed by atoms with Gasteiger partial charge in [-0.2, -0.15) is 19.0 Å². The molecule has 188 valence electrons. The number of para-hydroxylation sites is 1. The number of rotatable bonds is 8. The van der Waals surface area contributed by atoms with Crippen LogP contribution in [0.15, 0.2) is 92.4 Å². The molecule has 37 heavy (non-hydrogen) atoms. The van der Waals surface area contributed by atoms with Crippen LogP contribution in [0.5, 0.6) is 0 Å². The second-order valence-electron chi connectivity index (χ2n) is 8.10. The van der Waals surface area contributed by atoms with Crippen molar-refractivity contribution in [1.29, 1.82) is 0 Å². The van der Waals surface area contributed by atoms with Gasteiger partial charge in [-0.1, -0.05) is 53.9 Å². The summed E-state index contributed by atoms with van der Waals surface area (Å²) in [6, 6.07) is 20.2. The first kappa shape index (κ1) is 25.0. The lowest BCUT2D eigenvalue weighted by Crippen LogP contribution is -2.25. The van der Waals surface area contributed by atoms with E-state index >= 15 is 0 Å². The van der Waals surface area contributed by atoms with Crippen molar-refractivity contribution < 1.29 is 18.0 Å². The Balaban J connectivity index is 1.30. The zero-order valence-electron chi connectivity index (χ0n) is 19.5. The summed E-state index contributed by atoms with van der Waals surface area (Å²) in [6.45, 7) is 1.87. The van der Waals surface area contributed by atoms with E-state index in [0.717, 1.165) is 17.0 Å². The maximum absolute atomic E-state index is 12.5. The summed E-state index contributed by atoms with van der Waals surface area (Å²) in [5.74, 6) is -1.25. The van der Waals surface area contributed by atoms with E-state index in [1.165, 1.54) is 11.8 Å². The van der Waals surface area contributed by atoms with E-state index in [1.807, 2.05) is 55.6 Å². The molecule has 7 nitrogen and oxygen atoms in total. The first-order valence-electron chi connectivity index (χ1n) is 11.3. The van der Waals surface area contributed by atoms with E-state index in [4.69, 9.17) is 4.42 Å². The normalized spacial score (nSPS) is 16.8. The number of benzene rings is 2. The molecule has 2 aromatic carbocycles. The van der Waals surface area contributed by atoms with Crippen LogP contribution in [0.2, 0.25) is 0 Å². The summed E-state index contributed by atoms with van der Waals surface area (Å²) in [5, 5.41) is 15.8. The second kappa shape index (κ2) is 11.1. The quantitative estimate of drug-likeness (QED) is 0.171. The van der Waals surface area contributed by atoms with Gasteiger partial charge in [-0.05, 0) is 55.3 Å². The Kier molecular flexibility index (Phi) is 7.52. The van der Waals surface area contributed by atoms with Gasteiger partial charge in [0.25, 0.3) is 5.76 Å². The van der Waals surface area contributed by atoms with Gasteiger partial charge in [0.2, 0.25) is 5.91 Å². The number of hydrogen-bond acceptors (Lipinski definition) is 7. The standard InChI is InChI=1S/C26H21F2N5O2S2/c1-16-7-12-21(35-16)23-18(15-33(32-23)19-5-3-2-4-6-19)14-29-31-26-30-24(34)22(37-26)13-17-8-10-20(11-9-17)36-25(27)28/h2-12,14-15,22,25H,13H2,1H3,(H,30,31,34)/b29-14+. The van der Waals surface area contributed by atoms with Gasteiger partial charge in [-0.25, -0.2) is 4.68 Å². The molecule has 1 aliphatic heterocycles. The highest BCUT2D eigenvalue weighted by Crippen LogP contribution is 2.28. The number of amides is 1. The number of carbonyl (C=O) groups is 1. The monoisotopic (exact) mass is 537 g/mol. The van der Waals surface area contributed by atoms with E-state index in [9.17, 15) is 13.6 Å². The minimum Gasteiger partial charge on any atom is -0.460 e. The van der Waals surface area contributed by atoms with Crippen LogP contribution in [-0.4, -0.2) is 38.1 Å². The Morgan fingerprint density at radius 3 is 2.65 bits per heavy atom. The van der Waals surface area contributed by atoms with Crippen LogP contribution < -0.4 is 5.32 Å². The van der Waals surface area contributed by atoms with E-state index in [2.05, 4.69) is 20.6 Å². The van der Waals surface area contributed by atoms with Crippen LogP contribution >= 0.6 is 23.5 Å². The zero-order valence-corrected chi connectivity index (χ0v) is 21.2. The van der Waals surface area contributed by atoms with Crippen LogP contribution in [0.25, 0.3) is 17.1 Å². The number of hydrogen-bond donors (Lipinski definition) is 1. The average Bonchev–Trinajstić information content (AvgIpc) is 3.59. The van der Waals surface area contributed by atoms with Crippen molar-refractivity contribution in [2.24, 2.45) is 10.2 Å². The highest BCUT2D eigenvalue weighted by molar-refractivity contribution is 8.15. The van der Waals surface area contributed by atoms with Crippen LogP contribution in [0, 0.1) is 6.92 Å². The molecule has 2 aromatic heterocycles. The molecule has 0 saturated carbocycles. The fraction of sp³-hybridized carbons (Fsp3) is 0.154. The number of halogens is 2. The summed E-state index contributed by atoms with van der Waals surface area (Å²) >= 11 is 1.77. The molecule has 1 aliphatic rings. The fourth-order valence-electron chi connectivity index (χ4n) is 3.70. The number of carbonyl (C=O) groups excluding carboxylic acids is 1. The molecule has 1 fully saturated rings. The van der Waals surface area contributed by atoms with Gasteiger partial charge < -0.3 is 9.73 Å². The Bertz CT molecular complexity index is 1450. The van der Waals surface area contributed by atoms with E-state index < -0.39 is 5.76 Å². The number of nitrogens with one attached hydrogen (secondary N) is 1. The molecule has 1 atom stereocenters. The van der Waals surface area contributed by atoms with Crippen LogP contribution in [0.3, 0.4) is 0 Å². The molecule has 0 aliphatic carbocycles. The van der Waals surface area contributed by atoms with Gasteiger partial charge in [-0.15, -0.1) is 5.10 Å². The third-order valence-electron chi connectivity index (χ3n) is 5.43. The Morgan fingerprint density at radius 1 is 1.16 bits per heavy atom. The number of aromatic nitrogens is 2. The summed E-state index contributed by atoms with van der Waals surface area (Å²) in [6.07, 6.45) is 3.86. The van der Waals surface area contributed by atoms with E-state index in [0.29, 0.717) is 45.3 Å². The molecule has 4 aromatic rings. The highest BCUT2D eigenvalue weighted by atomic mass is 32.2. The van der Waals surface area contributed by atoms with Crippen molar-refractivity contribution in [3.05, 3.63) is 89.8 Å². The predicted octanol–water partition coefficient (Wildman–Crippen LogP) is 5.92.